The minimum Gasteiger partial charge on any atom is -0.379 e. The Morgan fingerprint density at radius 1 is 0.865 bits per heavy atom. The van der Waals surface area contributed by atoms with E-state index in [2.05, 4.69) is 5.32 Å². The lowest BCUT2D eigenvalue weighted by Crippen LogP contribution is -2.40. The number of nitrogens with zero attached hydrogens (tertiary/aromatic N) is 2. The van der Waals surface area contributed by atoms with Crippen LogP contribution in [0.4, 0.5) is 11.4 Å². The second kappa shape index (κ2) is 11.4. The zero-order valence-electron chi connectivity index (χ0n) is 19.4. The number of carbonyl (C=O) groups excluding carboxylic acids is 1. The van der Waals surface area contributed by atoms with E-state index in [1.165, 1.54) is 58.9 Å². The number of sulfonamides is 2. The molecule has 3 aromatic carbocycles. The molecule has 1 fully saturated rings. The molecule has 0 aliphatic carbocycles. The number of anilines is 2. The van der Waals surface area contributed by atoms with Gasteiger partial charge in [-0.3, -0.25) is 9.10 Å². The van der Waals surface area contributed by atoms with E-state index in [1.54, 1.807) is 18.2 Å². The number of ether oxygens (including phenoxy) is 1. The minimum atomic E-state index is -4.15. The van der Waals surface area contributed by atoms with Gasteiger partial charge in [-0.25, -0.2) is 16.8 Å². The number of carbonyl (C=O) groups is 1. The Balaban J connectivity index is 1.56. The molecular weight excluding hydrogens is 561 g/mol. The summed E-state index contributed by atoms with van der Waals surface area (Å²) in [7, 11) is -7.85. The number of morpholine rings is 1. The normalized spacial score (nSPS) is 14.8. The van der Waals surface area contributed by atoms with Crippen LogP contribution >= 0.6 is 23.2 Å². The molecule has 0 atom stereocenters. The Morgan fingerprint density at radius 3 is 2.05 bits per heavy atom. The molecule has 0 bridgehead atoms. The molecule has 9 nitrogen and oxygen atoms in total. The van der Waals surface area contributed by atoms with Crippen LogP contribution in [-0.4, -0.2) is 59.9 Å². The zero-order valence-corrected chi connectivity index (χ0v) is 22.5. The van der Waals surface area contributed by atoms with Crippen molar-refractivity contribution in [1.82, 2.24) is 4.31 Å². The van der Waals surface area contributed by atoms with Crippen LogP contribution in [0.2, 0.25) is 10.0 Å². The highest BCUT2D eigenvalue weighted by molar-refractivity contribution is 7.92. The van der Waals surface area contributed by atoms with Crippen molar-refractivity contribution in [2.75, 3.05) is 42.5 Å². The van der Waals surface area contributed by atoms with Gasteiger partial charge in [0, 0.05) is 28.8 Å². The third-order valence-electron chi connectivity index (χ3n) is 5.50. The van der Waals surface area contributed by atoms with Gasteiger partial charge in [0.2, 0.25) is 15.9 Å². The fourth-order valence-corrected chi connectivity index (χ4v) is 7.04. The SMILES string of the molecule is O=C(CN(c1cc(Cl)cc(Cl)c1)S(=O)(=O)c1ccccc1)Nc1ccc(S(=O)(=O)N2CCOCC2)cc1. The zero-order chi connectivity index (χ0) is 26.6. The molecule has 4 rings (SSSR count). The molecule has 1 saturated heterocycles. The van der Waals surface area contributed by atoms with Crippen molar-refractivity contribution in [3.8, 4) is 0 Å². The highest BCUT2D eigenvalue weighted by atomic mass is 35.5. The molecular formula is C24H23Cl2N3O6S2. The van der Waals surface area contributed by atoms with Crippen LogP contribution in [0.25, 0.3) is 0 Å². The van der Waals surface area contributed by atoms with Crippen molar-refractivity contribution < 1.29 is 26.4 Å². The molecule has 1 aliphatic rings. The molecule has 0 radical (unpaired) electrons. The maximum Gasteiger partial charge on any atom is 0.264 e. The lowest BCUT2D eigenvalue weighted by molar-refractivity contribution is -0.114. The van der Waals surface area contributed by atoms with E-state index in [-0.39, 0.29) is 38.6 Å². The second-order valence-electron chi connectivity index (χ2n) is 8.04. The first-order valence-corrected chi connectivity index (χ1v) is 14.7. The average molecular weight is 585 g/mol. The van der Waals surface area contributed by atoms with E-state index in [0.29, 0.717) is 18.9 Å². The molecule has 0 aromatic heterocycles. The molecule has 3 aromatic rings. The van der Waals surface area contributed by atoms with Crippen LogP contribution in [0.3, 0.4) is 0 Å². The fraction of sp³-hybridized carbons (Fsp3) is 0.208. The van der Waals surface area contributed by atoms with Gasteiger partial charge >= 0.3 is 0 Å². The van der Waals surface area contributed by atoms with Gasteiger partial charge in [-0.05, 0) is 54.6 Å². The van der Waals surface area contributed by atoms with Crippen molar-refractivity contribution in [2.24, 2.45) is 0 Å². The quantitative estimate of drug-likeness (QED) is 0.431. The number of halogens is 2. The van der Waals surface area contributed by atoms with Crippen LogP contribution in [0.1, 0.15) is 0 Å². The number of hydrogen-bond donors (Lipinski definition) is 1. The summed E-state index contributed by atoms with van der Waals surface area (Å²) >= 11 is 12.2. The maximum atomic E-state index is 13.4. The van der Waals surface area contributed by atoms with E-state index >= 15 is 0 Å². The van der Waals surface area contributed by atoms with Crippen molar-refractivity contribution in [3.05, 3.63) is 82.8 Å². The van der Waals surface area contributed by atoms with E-state index in [1.807, 2.05) is 0 Å². The van der Waals surface area contributed by atoms with E-state index < -0.39 is 32.5 Å². The van der Waals surface area contributed by atoms with E-state index in [0.717, 1.165) is 4.31 Å². The van der Waals surface area contributed by atoms with Crippen LogP contribution < -0.4 is 9.62 Å². The molecule has 1 heterocycles. The highest BCUT2D eigenvalue weighted by Crippen LogP contribution is 2.30. The summed E-state index contributed by atoms with van der Waals surface area (Å²) in [5, 5.41) is 3.02. The Morgan fingerprint density at radius 2 is 1.46 bits per heavy atom. The maximum absolute atomic E-state index is 13.4. The molecule has 37 heavy (non-hydrogen) atoms. The third kappa shape index (κ3) is 6.43. The van der Waals surface area contributed by atoms with Crippen molar-refractivity contribution in [3.63, 3.8) is 0 Å². The molecule has 196 valence electrons. The van der Waals surface area contributed by atoms with Gasteiger partial charge in [0.1, 0.15) is 6.54 Å². The number of benzene rings is 3. The minimum absolute atomic E-state index is 0.0171. The lowest BCUT2D eigenvalue weighted by atomic mass is 10.3. The summed E-state index contributed by atoms with van der Waals surface area (Å²) in [6.45, 7) is 0.600. The number of amides is 1. The van der Waals surface area contributed by atoms with Gasteiger partial charge in [0.05, 0.1) is 28.7 Å². The Bertz CT molecular complexity index is 1460. The van der Waals surface area contributed by atoms with Crippen LogP contribution in [-0.2, 0) is 29.6 Å². The molecule has 0 saturated carbocycles. The summed E-state index contributed by atoms with van der Waals surface area (Å²) < 4.78 is 59.9. The molecule has 1 N–H and O–H groups in total. The third-order valence-corrected chi connectivity index (χ3v) is 9.64. The Labute approximate surface area is 225 Å². The topological polar surface area (TPSA) is 113 Å². The lowest BCUT2D eigenvalue weighted by Gasteiger charge is -2.26. The smallest absolute Gasteiger partial charge is 0.264 e. The van der Waals surface area contributed by atoms with E-state index in [9.17, 15) is 21.6 Å². The van der Waals surface area contributed by atoms with Crippen molar-refractivity contribution in [1.29, 1.82) is 0 Å². The largest absolute Gasteiger partial charge is 0.379 e. The monoisotopic (exact) mass is 583 g/mol. The predicted molar refractivity (Wildman–Crippen MR) is 142 cm³/mol. The van der Waals surface area contributed by atoms with Crippen LogP contribution in [0.5, 0.6) is 0 Å². The Kier molecular flexibility index (Phi) is 8.42. The standard InChI is InChI=1S/C24H23Cl2N3O6S2/c25-18-14-19(26)16-21(15-18)29(37(33,34)22-4-2-1-3-5-22)17-24(30)27-20-6-8-23(9-7-20)36(31,32)28-10-12-35-13-11-28/h1-9,14-16H,10-13,17H2,(H,27,30). The summed E-state index contributed by atoms with van der Waals surface area (Å²) in [4.78, 5) is 13.0. The first-order chi connectivity index (χ1) is 17.6. The average Bonchev–Trinajstić information content (AvgIpc) is 2.88. The second-order valence-corrected chi connectivity index (χ2v) is 12.7. The van der Waals surface area contributed by atoms with Crippen LogP contribution in [0, 0.1) is 0 Å². The Hall–Kier alpha value is -2.67. The highest BCUT2D eigenvalue weighted by Gasteiger charge is 2.29. The molecule has 1 aliphatic heterocycles. The summed E-state index contributed by atoms with van der Waals surface area (Å²) in [6.07, 6.45) is 0. The van der Waals surface area contributed by atoms with Crippen LogP contribution in [0.15, 0.2) is 82.6 Å². The van der Waals surface area contributed by atoms with Crippen molar-refractivity contribution >= 4 is 60.5 Å². The summed E-state index contributed by atoms with van der Waals surface area (Å²) in [6, 6.07) is 17.5. The van der Waals surface area contributed by atoms with Gasteiger partial charge in [-0.1, -0.05) is 41.4 Å². The molecule has 1 amide bonds. The van der Waals surface area contributed by atoms with Gasteiger partial charge in [-0.2, -0.15) is 4.31 Å². The summed E-state index contributed by atoms with van der Waals surface area (Å²) in [5.74, 6) is -0.653. The number of nitrogens with one attached hydrogen (secondary N) is 1. The number of hydrogen-bond acceptors (Lipinski definition) is 6. The van der Waals surface area contributed by atoms with E-state index in [4.69, 9.17) is 27.9 Å². The van der Waals surface area contributed by atoms with Gasteiger partial charge in [0.15, 0.2) is 0 Å². The summed E-state index contributed by atoms with van der Waals surface area (Å²) in [5.41, 5.74) is 0.413. The van der Waals surface area contributed by atoms with Gasteiger partial charge in [0.25, 0.3) is 10.0 Å². The number of rotatable bonds is 8. The predicted octanol–water partition coefficient (Wildman–Crippen LogP) is 3.85. The first-order valence-electron chi connectivity index (χ1n) is 11.1. The van der Waals surface area contributed by atoms with Gasteiger partial charge in [-0.15, -0.1) is 0 Å². The molecule has 0 spiro atoms. The molecule has 13 heteroatoms. The van der Waals surface area contributed by atoms with Gasteiger partial charge < -0.3 is 10.1 Å². The fourth-order valence-electron chi connectivity index (χ4n) is 3.70. The van der Waals surface area contributed by atoms with Crippen molar-refractivity contribution in [2.45, 2.75) is 9.79 Å². The first kappa shape index (κ1) is 27.4. The molecule has 0 unspecified atom stereocenters.